The lowest BCUT2D eigenvalue weighted by Gasteiger charge is -2.12. The van der Waals surface area contributed by atoms with E-state index in [0.29, 0.717) is 0 Å². The third-order valence-corrected chi connectivity index (χ3v) is 1.20. The van der Waals surface area contributed by atoms with E-state index in [1.54, 1.807) is 6.20 Å². The van der Waals surface area contributed by atoms with Gasteiger partial charge in [0, 0.05) is 0 Å². The van der Waals surface area contributed by atoms with E-state index >= 15 is 0 Å². The molecule has 51 valence electrons. The summed E-state index contributed by atoms with van der Waals surface area (Å²) in [4.78, 5) is 0. The zero-order valence-electron chi connectivity index (χ0n) is 6.17. The van der Waals surface area contributed by atoms with Crippen LogP contribution in [0.15, 0.2) is 25.4 Å². The SMILES string of the molecule is C=CC[N+](C)N(C)C=C. The van der Waals surface area contributed by atoms with Crippen molar-refractivity contribution in [1.82, 2.24) is 10.0 Å². The normalized spacial score (nSPS) is 9.22. The maximum absolute atomic E-state index is 3.61. The molecule has 0 unspecified atom stereocenters. The summed E-state index contributed by atoms with van der Waals surface area (Å²) in [5.41, 5.74) is 0. The molecule has 0 aliphatic rings. The molecule has 0 aromatic rings. The fourth-order valence-corrected chi connectivity index (χ4v) is 0.455. The summed E-state index contributed by atoms with van der Waals surface area (Å²) in [5.74, 6) is 0. The van der Waals surface area contributed by atoms with Crippen molar-refractivity contribution >= 4 is 0 Å². The van der Waals surface area contributed by atoms with Gasteiger partial charge in [0.1, 0.15) is 7.05 Å². The van der Waals surface area contributed by atoms with Gasteiger partial charge in [0.05, 0.1) is 13.2 Å². The molecule has 2 nitrogen and oxygen atoms in total. The molecule has 0 aromatic carbocycles. The van der Waals surface area contributed by atoms with Crippen LogP contribution in [0.1, 0.15) is 0 Å². The van der Waals surface area contributed by atoms with E-state index in [4.69, 9.17) is 0 Å². The number of rotatable bonds is 4. The van der Waals surface area contributed by atoms with Gasteiger partial charge in [-0.3, -0.25) is 0 Å². The largest absolute Gasteiger partial charge is 0.186 e. The van der Waals surface area contributed by atoms with Gasteiger partial charge in [0.25, 0.3) is 0 Å². The highest BCUT2D eigenvalue weighted by Gasteiger charge is 2.06. The second-order valence-corrected chi connectivity index (χ2v) is 1.89. The zero-order valence-corrected chi connectivity index (χ0v) is 6.17. The van der Waals surface area contributed by atoms with Crippen molar-refractivity contribution in [3.8, 4) is 0 Å². The summed E-state index contributed by atoms with van der Waals surface area (Å²) in [6.07, 6.45) is 3.60. The topological polar surface area (TPSA) is 9.14 Å². The van der Waals surface area contributed by atoms with Crippen LogP contribution in [0.25, 0.3) is 0 Å². The molecule has 9 heavy (non-hydrogen) atoms. The lowest BCUT2D eigenvalue weighted by Crippen LogP contribution is -2.37. The first-order chi connectivity index (χ1) is 4.22. The van der Waals surface area contributed by atoms with Crippen molar-refractivity contribution in [3.05, 3.63) is 25.4 Å². The van der Waals surface area contributed by atoms with Gasteiger partial charge < -0.3 is 0 Å². The van der Waals surface area contributed by atoms with Crippen LogP contribution in [0.4, 0.5) is 0 Å². The van der Waals surface area contributed by atoms with Gasteiger partial charge >= 0.3 is 0 Å². The van der Waals surface area contributed by atoms with Gasteiger partial charge in [-0.1, -0.05) is 18.2 Å². The van der Waals surface area contributed by atoms with Gasteiger partial charge in [-0.2, -0.15) is 5.01 Å². The van der Waals surface area contributed by atoms with E-state index in [0.717, 1.165) is 6.54 Å². The fourth-order valence-electron chi connectivity index (χ4n) is 0.455. The Kier molecular flexibility index (Phi) is 3.80. The molecular weight excluding hydrogens is 112 g/mol. The second kappa shape index (κ2) is 4.15. The molecule has 2 heteroatoms. The van der Waals surface area contributed by atoms with Crippen LogP contribution < -0.4 is 5.01 Å². The monoisotopic (exact) mass is 126 g/mol. The minimum Gasteiger partial charge on any atom is -0.186 e. The van der Waals surface area contributed by atoms with E-state index in [9.17, 15) is 0 Å². The smallest absolute Gasteiger partial charge is 0.168 e. The Labute approximate surface area is 57.0 Å². The minimum atomic E-state index is 0.850. The first kappa shape index (κ1) is 8.24. The molecule has 0 saturated heterocycles. The summed E-state index contributed by atoms with van der Waals surface area (Å²) in [5, 5.41) is 3.90. The average Bonchev–Trinajstić information content (AvgIpc) is 1.87. The highest BCUT2D eigenvalue weighted by Crippen LogP contribution is 1.84. The quantitative estimate of drug-likeness (QED) is 0.309. The van der Waals surface area contributed by atoms with E-state index in [1.807, 2.05) is 30.2 Å². The van der Waals surface area contributed by atoms with Crippen LogP contribution in [-0.2, 0) is 0 Å². The summed E-state index contributed by atoms with van der Waals surface area (Å²) in [7, 11) is 3.92. The highest BCUT2D eigenvalue weighted by molar-refractivity contribution is 4.75. The zero-order chi connectivity index (χ0) is 7.28. The van der Waals surface area contributed by atoms with Crippen LogP contribution >= 0.6 is 0 Å². The first-order valence-electron chi connectivity index (χ1n) is 2.89. The molecule has 0 bridgehead atoms. The Bertz CT molecular complexity index is 99.1. The molecule has 0 spiro atoms. The van der Waals surface area contributed by atoms with Crippen LogP contribution in [0.5, 0.6) is 0 Å². The third-order valence-electron chi connectivity index (χ3n) is 1.20. The third kappa shape index (κ3) is 2.93. The lowest BCUT2D eigenvalue weighted by atomic mass is 10.6. The first-order valence-corrected chi connectivity index (χ1v) is 2.89. The number of hydrazine groups is 1. The molecule has 0 aromatic heterocycles. The highest BCUT2D eigenvalue weighted by atomic mass is 15.6. The molecule has 0 atom stereocenters. The maximum Gasteiger partial charge on any atom is 0.168 e. The van der Waals surface area contributed by atoms with Crippen LogP contribution in [0.3, 0.4) is 0 Å². The Hall–Kier alpha value is -0.760. The van der Waals surface area contributed by atoms with Crippen molar-refractivity contribution in [2.45, 2.75) is 0 Å². The molecule has 0 fully saturated rings. The van der Waals surface area contributed by atoms with Crippen LogP contribution in [-0.4, -0.2) is 25.6 Å². The van der Waals surface area contributed by atoms with E-state index in [1.165, 1.54) is 0 Å². The molecule has 1 radical (unpaired) electrons. The molecule has 0 heterocycles. The Morgan fingerprint density at radius 2 is 2.11 bits per heavy atom. The molecule has 0 rings (SSSR count). The van der Waals surface area contributed by atoms with Gasteiger partial charge in [0.15, 0.2) is 6.54 Å². The fraction of sp³-hybridized carbons (Fsp3) is 0.429. The van der Waals surface area contributed by atoms with Crippen molar-refractivity contribution in [3.63, 3.8) is 0 Å². The second-order valence-electron chi connectivity index (χ2n) is 1.89. The molecular formula is C7H14N2+. The Morgan fingerprint density at radius 1 is 1.56 bits per heavy atom. The Morgan fingerprint density at radius 3 is 2.44 bits per heavy atom. The summed E-state index contributed by atoms with van der Waals surface area (Å²) >= 11 is 0. The summed E-state index contributed by atoms with van der Waals surface area (Å²) in [6.45, 7) is 8.08. The predicted molar refractivity (Wildman–Crippen MR) is 41.1 cm³/mol. The van der Waals surface area contributed by atoms with Crippen molar-refractivity contribution < 1.29 is 0 Å². The molecule has 0 aliphatic carbocycles. The molecule has 0 amide bonds. The van der Waals surface area contributed by atoms with Gasteiger partial charge in [0.2, 0.25) is 0 Å². The standard InChI is InChI=1S/C7H14N2/c1-5-7-9(4)8(3)6-2/h5-6H,1-2,7H2,3-4H3/q+1. The van der Waals surface area contributed by atoms with Gasteiger partial charge in [-0.05, 0) is 6.08 Å². The predicted octanol–water partition coefficient (Wildman–Crippen LogP) is 0.933. The van der Waals surface area contributed by atoms with Crippen molar-refractivity contribution in [1.29, 1.82) is 0 Å². The Balaban J connectivity index is 3.56. The number of hydrogen-bond acceptors (Lipinski definition) is 2. The van der Waals surface area contributed by atoms with Gasteiger partial charge in [-0.25, -0.2) is 0 Å². The van der Waals surface area contributed by atoms with Crippen molar-refractivity contribution in [2.24, 2.45) is 0 Å². The molecule has 0 aliphatic heterocycles. The average molecular weight is 126 g/mol. The van der Waals surface area contributed by atoms with E-state index < -0.39 is 0 Å². The van der Waals surface area contributed by atoms with E-state index in [-0.39, 0.29) is 0 Å². The number of hydrogen-bond donors (Lipinski definition) is 0. The minimum absolute atomic E-state index is 0.850. The van der Waals surface area contributed by atoms with Crippen molar-refractivity contribution in [2.75, 3.05) is 20.6 Å². The lowest BCUT2D eigenvalue weighted by molar-refractivity contribution is 0.208. The number of likely N-dealkylation sites (N-methyl/N-ethyl adjacent to an activating group) is 1. The van der Waals surface area contributed by atoms with Crippen LogP contribution in [0.2, 0.25) is 0 Å². The molecule has 0 saturated carbocycles. The van der Waals surface area contributed by atoms with E-state index in [2.05, 4.69) is 13.2 Å². The van der Waals surface area contributed by atoms with Gasteiger partial charge in [-0.15, -0.1) is 0 Å². The maximum atomic E-state index is 3.61. The number of nitrogens with zero attached hydrogens (tertiary/aromatic N) is 2. The van der Waals surface area contributed by atoms with Crippen LogP contribution in [0, 0.1) is 0 Å². The summed E-state index contributed by atoms with van der Waals surface area (Å²) < 4.78 is 0. The summed E-state index contributed by atoms with van der Waals surface area (Å²) in [6, 6.07) is 0. The molecule has 0 N–H and O–H groups in total.